The summed E-state index contributed by atoms with van der Waals surface area (Å²) in [6.07, 6.45) is -4.83. The summed E-state index contributed by atoms with van der Waals surface area (Å²) in [7, 11) is 0. The highest BCUT2D eigenvalue weighted by molar-refractivity contribution is 7.98. The molecule has 0 bridgehead atoms. The van der Waals surface area contributed by atoms with Gasteiger partial charge in [-0.1, -0.05) is 30.3 Å². The molecule has 0 heterocycles. The third-order valence-electron chi connectivity index (χ3n) is 3.02. The number of hydrogen-bond acceptors (Lipinski definition) is 2. The summed E-state index contributed by atoms with van der Waals surface area (Å²) in [5.74, 6) is 0.470. The number of rotatable bonds is 4. The smallest absolute Gasteiger partial charge is 0.389 e. The van der Waals surface area contributed by atoms with E-state index in [1.165, 1.54) is 23.9 Å². The van der Waals surface area contributed by atoms with Crippen LogP contribution in [-0.2, 0) is 11.9 Å². The molecular weight excluding hydrogens is 297 g/mol. The van der Waals surface area contributed by atoms with Gasteiger partial charge >= 0.3 is 6.18 Å². The van der Waals surface area contributed by atoms with Gasteiger partial charge < -0.3 is 5.11 Å². The summed E-state index contributed by atoms with van der Waals surface area (Å²) < 4.78 is 37.9. The average Bonchev–Trinajstić information content (AvgIpc) is 2.45. The summed E-state index contributed by atoms with van der Waals surface area (Å²) in [4.78, 5) is 0.955. The zero-order chi connectivity index (χ0) is 15.5. The molecule has 2 rings (SSSR count). The van der Waals surface area contributed by atoms with Crippen molar-refractivity contribution in [2.45, 2.75) is 29.9 Å². The van der Waals surface area contributed by atoms with Gasteiger partial charge in [-0.2, -0.15) is 13.2 Å². The first-order valence-corrected chi connectivity index (χ1v) is 7.42. The third-order valence-corrected chi connectivity index (χ3v) is 4.11. The molecule has 112 valence electrons. The predicted molar refractivity (Wildman–Crippen MR) is 78.1 cm³/mol. The van der Waals surface area contributed by atoms with E-state index in [2.05, 4.69) is 0 Å². The molecule has 0 aliphatic carbocycles. The zero-order valence-electron chi connectivity index (χ0n) is 11.4. The van der Waals surface area contributed by atoms with Crippen molar-refractivity contribution in [1.29, 1.82) is 0 Å². The zero-order valence-corrected chi connectivity index (χ0v) is 12.2. The first kappa shape index (κ1) is 15.9. The van der Waals surface area contributed by atoms with Gasteiger partial charge in [0.1, 0.15) is 0 Å². The summed E-state index contributed by atoms with van der Waals surface area (Å²) in [6, 6.07) is 12.7. The quantitative estimate of drug-likeness (QED) is 0.797. The number of alkyl halides is 3. The molecule has 1 unspecified atom stereocenters. The van der Waals surface area contributed by atoms with E-state index in [9.17, 15) is 18.3 Å². The molecule has 2 aromatic rings. The molecule has 0 aliphatic heterocycles. The van der Waals surface area contributed by atoms with E-state index < -0.39 is 17.8 Å². The van der Waals surface area contributed by atoms with E-state index >= 15 is 0 Å². The maximum absolute atomic E-state index is 12.6. The fourth-order valence-electron chi connectivity index (χ4n) is 1.85. The van der Waals surface area contributed by atoms with Crippen LogP contribution in [0, 0.1) is 0 Å². The highest BCUT2D eigenvalue weighted by Crippen LogP contribution is 2.31. The Morgan fingerprint density at radius 1 is 1.10 bits per heavy atom. The number of aliphatic hydroxyl groups is 1. The Balaban J connectivity index is 2.03. The Hall–Kier alpha value is -1.46. The van der Waals surface area contributed by atoms with E-state index in [0.29, 0.717) is 11.3 Å². The number of benzene rings is 2. The molecule has 0 aliphatic rings. The molecule has 0 radical (unpaired) electrons. The molecule has 5 heteroatoms. The van der Waals surface area contributed by atoms with Gasteiger partial charge in [0, 0.05) is 10.6 Å². The summed E-state index contributed by atoms with van der Waals surface area (Å²) in [5, 5.41) is 9.42. The van der Waals surface area contributed by atoms with Crippen LogP contribution in [0.4, 0.5) is 13.2 Å². The van der Waals surface area contributed by atoms with Gasteiger partial charge in [0.15, 0.2) is 0 Å². The lowest BCUT2D eigenvalue weighted by molar-refractivity contribution is -0.137. The molecule has 0 aromatic heterocycles. The minimum absolute atomic E-state index is 0.470. The lowest BCUT2D eigenvalue weighted by atomic mass is 10.1. The van der Waals surface area contributed by atoms with Gasteiger partial charge in [0.2, 0.25) is 0 Å². The first-order chi connectivity index (χ1) is 9.86. The molecule has 0 amide bonds. The molecule has 0 saturated carbocycles. The standard InChI is InChI=1S/C16H15F3OS/c1-11(20)13-5-7-15(8-6-13)21-10-12-3-2-4-14(9-12)16(17,18)19/h2-9,11,20H,10H2,1H3. The summed E-state index contributed by atoms with van der Waals surface area (Å²) in [6.45, 7) is 1.69. The minimum atomic E-state index is -4.31. The van der Waals surface area contributed by atoms with Gasteiger partial charge in [0.25, 0.3) is 0 Å². The van der Waals surface area contributed by atoms with Crippen LogP contribution in [0.3, 0.4) is 0 Å². The number of aliphatic hydroxyl groups excluding tert-OH is 1. The van der Waals surface area contributed by atoms with Crippen molar-refractivity contribution >= 4 is 11.8 Å². The Labute approximate surface area is 125 Å². The number of halogens is 3. The molecule has 1 N–H and O–H groups in total. The Bertz CT molecular complexity index is 591. The van der Waals surface area contributed by atoms with E-state index in [4.69, 9.17) is 0 Å². The third kappa shape index (κ3) is 4.51. The van der Waals surface area contributed by atoms with Crippen LogP contribution >= 0.6 is 11.8 Å². The van der Waals surface area contributed by atoms with Gasteiger partial charge in [0.05, 0.1) is 11.7 Å². The fourth-order valence-corrected chi connectivity index (χ4v) is 2.69. The van der Waals surface area contributed by atoms with Crippen LogP contribution in [0.5, 0.6) is 0 Å². The van der Waals surface area contributed by atoms with Crippen LogP contribution in [0.2, 0.25) is 0 Å². The van der Waals surface area contributed by atoms with Crippen LogP contribution in [0.15, 0.2) is 53.4 Å². The van der Waals surface area contributed by atoms with Crippen LogP contribution in [-0.4, -0.2) is 5.11 Å². The predicted octanol–water partition coefficient (Wildman–Crippen LogP) is 5.05. The van der Waals surface area contributed by atoms with Crippen molar-refractivity contribution in [3.63, 3.8) is 0 Å². The highest BCUT2D eigenvalue weighted by atomic mass is 32.2. The van der Waals surface area contributed by atoms with E-state index in [1.807, 2.05) is 24.3 Å². The first-order valence-electron chi connectivity index (χ1n) is 6.43. The number of hydrogen-bond donors (Lipinski definition) is 1. The van der Waals surface area contributed by atoms with Gasteiger partial charge in [-0.15, -0.1) is 11.8 Å². The second kappa shape index (κ2) is 6.54. The van der Waals surface area contributed by atoms with Crippen LogP contribution < -0.4 is 0 Å². The molecule has 1 atom stereocenters. The molecule has 0 fully saturated rings. The monoisotopic (exact) mass is 312 g/mol. The average molecular weight is 312 g/mol. The molecule has 0 saturated heterocycles. The van der Waals surface area contributed by atoms with Crippen molar-refractivity contribution in [3.8, 4) is 0 Å². The van der Waals surface area contributed by atoms with Gasteiger partial charge in [-0.3, -0.25) is 0 Å². The molecule has 21 heavy (non-hydrogen) atoms. The summed E-state index contributed by atoms with van der Waals surface area (Å²) >= 11 is 1.46. The lowest BCUT2D eigenvalue weighted by Gasteiger charge is -2.09. The Morgan fingerprint density at radius 3 is 2.33 bits per heavy atom. The summed E-state index contributed by atoms with van der Waals surface area (Å²) in [5.41, 5.74) is 0.831. The Morgan fingerprint density at radius 2 is 1.76 bits per heavy atom. The second-order valence-electron chi connectivity index (χ2n) is 4.73. The Kier molecular flexibility index (Phi) is 4.96. The van der Waals surface area contributed by atoms with Crippen molar-refractivity contribution in [3.05, 3.63) is 65.2 Å². The topological polar surface area (TPSA) is 20.2 Å². The van der Waals surface area contributed by atoms with Crippen LogP contribution in [0.25, 0.3) is 0 Å². The minimum Gasteiger partial charge on any atom is -0.389 e. The van der Waals surface area contributed by atoms with Gasteiger partial charge in [-0.05, 0) is 36.2 Å². The van der Waals surface area contributed by atoms with Crippen molar-refractivity contribution in [1.82, 2.24) is 0 Å². The van der Waals surface area contributed by atoms with E-state index in [0.717, 1.165) is 16.5 Å². The maximum Gasteiger partial charge on any atom is 0.416 e. The van der Waals surface area contributed by atoms with E-state index in [-0.39, 0.29) is 0 Å². The highest BCUT2D eigenvalue weighted by Gasteiger charge is 2.30. The SMILES string of the molecule is CC(O)c1ccc(SCc2cccc(C(F)(F)F)c2)cc1. The largest absolute Gasteiger partial charge is 0.416 e. The lowest BCUT2D eigenvalue weighted by Crippen LogP contribution is -2.04. The fraction of sp³-hybridized carbons (Fsp3) is 0.250. The molecule has 2 aromatic carbocycles. The van der Waals surface area contributed by atoms with Crippen molar-refractivity contribution in [2.75, 3.05) is 0 Å². The van der Waals surface area contributed by atoms with Crippen molar-refractivity contribution < 1.29 is 18.3 Å². The molecule has 1 nitrogen and oxygen atoms in total. The number of thioether (sulfide) groups is 1. The van der Waals surface area contributed by atoms with Crippen molar-refractivity contribution in [2.24, 2.45) is 0 Å². The van der Waals surface area contributed by atoms with E-state index in [1.54, 1.807) is 13.0 Å². The second-order valence-corrected chi connectivity index (χ2v) is 5.78. The maximum atomic E-state index is 12.6. The van der Waals surface area contributed by atoms with Gasteiger partial charge in [-0.25, -0.2) is 0 Å². The van der Waals surface area contributed by atoms with Crippen LogP contribution in [0.1, 0.15) is 29.7 Å². The molecular formula is C16H15F3OS. The molecule has 0 spiro atoms. The normalized spacial score (nSPS) is 13.2.